The van der Waals surface area contributed by atoms with Crippen LogP contribution < -0.4 is 5.32 Å². The molecule has 2 unspecified atom stereocenters. The molecular formula is C17H28FN3. The van der Waals surface area contributed by atoms with E-state index >= 15 is 0 Å². The summed E-state index contributed by atoms with van der Waals surface area (Å²) in [4.78, 5) is 4.76. The predicted molar refractivity (Wildman–Crippen MR) is 86.0 cm³/mol. The van der Waals surface area contributed by atoms with E-state index in [-0.39, 0.29) is 11.9 Å². The van der Waals surface area contributed by atoms with Crippen LogP contribution in [0.1, 0.15) is 31.4 Å². The molecule has 3 nitrogen and oxygen atoms in total. The Balaban J connectivity index is 1.97. The Hall–Kier alpha value is -0.970. The Morgan fingerprint density at radius 2 is 2.19 bits per heavy atom. The van der Waals surface area contributed by atoms with Gasteiger partial charge in [0.05, 0.1) is 0 Å². The van der Waals surface area contributed by atoms with Crippen LogP contribution >= 0.6 is 0 Å². The van der Waals surface area contributed by atoms with Gasteiger partial charge in [0, 0.05) is 30.7 Å². The number of rotatable bonds is 7. The van der Waals surface area contributed by atoms with Crippen molar-refractivity contribution in [2.45, 2.75) is 31.8 Å². The molecule has 1 saturated heterocycles. The zero-order valence-corrected chi connectivity index (χ0v) is 13.5. The second-order valence-corrected chi connectivity index (χ2v) is 6.13. The van der Waals surface area contributed by atoms with E-state index in [1.165, 1.54) is 19.4 Å². The smallest absolute Gasteiger partial charge is 0.128 e. The minimum Gasteiger partial charge on any atom is -0.309 e. The molecule has 118 valence electrons. The van der Waals surface area contributed by atoms with E-state index in [1.807, 2.05) is 12.1 Å². The molecule has 0 radical (unpaired) electrons. The molecule has 2 rings (SSSR count). The van der Waals surface area contributed by atoms with Crippen LogP contribution in [-0.4, -0.2) is 56.1 Å². The van der Waals surface area contributed by atoms with Crippen molar-refractivity contribution < 1.29 is 4.39 Å². The highest BCUT2D eigenvalue weighted by atomic mass is 19.1. The van der Waals surface area contributed by atoms with Gasteiger partial charge in [0.15, 0.2) is 0 Å². The van der Waals surface area contributed by atoms with Gasteiger partial charge in [0.25, 0.3) is 0 Å². The van der Waals surface area contributed by atoms with Crippen LogP contribution in [-0.2, 0) is 0 Å². The Morgan fingerprint density at radius 3 is 2.81 bits per heavy atom. The number of hydrogen-bond acceptors (Lipinski definition) is 3. The van der Waals surface area contributed by atoms with E-state index in [4.69, 9.17) is 0 Å². The molecule has 1 aliphatic heterocycles. The molecule has 1 aromatic carbocycles. The van der Waals surface area contributed by atoms with Crippen molar-refractivity contribution in [3.8, 4) is 0 Å². The maximum Gasteiger partial charge on any atom is 0.128 e. The molecule has 1 aromatic rings. The summed E-state index contributed by atoms with van der Waals surface area (Å²) in [6.07, 6.45) is 2.56. The van der Waals surface area contributed by atoms with Gasteiger partial charge in [-0.15, -0.1) is 0 Å². The Labute approximate surface area is 128 Å². The number of benzene rings is 1. The van der Waals surface area contributed by atoms with Gasteiger partial charge in [-0.3, -0.25) is 0 Å². The van der Waals surface area contributed by atoms with Gasteiger partial charge in [-0.2, -0.15) is 0 Å². The van der Waals surface area contributed by atoms with Crippen LogP contribution in [0, 0.1) is 5.82 Å². The summed E-state index contributed by atoms with van der Waals surface area (Å²) in [5.41, 5.74) is 0.769. The molecule has 0 bridgehead atoms. The van der Waals surface area contributed by atoms with E-state index < -0.39 is 0 Å². The second-order valence-electron chi connectivity index (χ2n) is 6.13. The van der Waals surface area contributed by atoms with Crippen LogP contribution in [0.2, 0.25) is 0 Å². The minimum absolute atomic E-state index is 0.0490. The zero-order valence-electron chi connectivity index (χ0n) is 13.5. The first kappa shape index (κ1) is 16.4. The lowest BCUT2D eigenvalue weighted by Crippen LogP contribution is -2.40. The fourth-order valence-electron chi connectivity index (χ4n) is 3.23. The number of hydrogen-bond donors (Lipinski definition) is 1. The van der Waals surface area contributed by atoms with Crippen molar-refractivity contribution >= 4 is 0 Å². The van der Waals surface area contributed by atoms with Crippen molar-refractivity contribution in [3.63, 3.8) is 0 Å². The fraction of sp³-hybridized carbons (Fsp3) is 0.647. The van der Waals surface area contributed by atoms with E-state index in [1.54, 1.807) is 12.1 Å². The lowest BCUT2D eigenvalue weighted by atomic mass is 10.1. The predicted octanol–water partition coefficient (Wildman–Crippen LogP) is 2.50. The number of halogens is 1. The Bertz CT molecular complexity index is 438. The summed E-state index contributed by atoms with van der Waals surface area (Å²) in [6, 6.07) is 7.78. The topological polar surface area (TPSA) is 18.5 Å². The minimum atomic E-state index is -0.116. The third-order valence-corrected chi connectivity index (χ3v) is 4.42. The highest BCUT2D eigenvalue weighted by molar-refractivity contribution is 5.21. The summed E-state index contributed by atoms with van der Waals surface area (Å²) >= 11 is 0. The molecule has 0 spiro atoms. The standard InChI is InChI=1S/C17H28FN3/c1-4-19-17(15-9-5-6-10-16(15)18)13-20(2)12-14-8-7-11-21(14)3/h5-6,9-10,14,17,19H,4,7-8,11-13H2,1-3H3. The van der Waals surface area contributed by atoms with Gasteiger partial charge in [0.1, 0.15) is 5.82 Å². The maximum absolute atomic E-state index is 14.0. The lowest BCUT2D eigenvalue weighted by molar-refractivity contribution is 0.205. The Kier molecular flexibility index (Phi) is 6.15. The number of nitrogens with one attached hydrogen (secondary N) is 1. The molecule has 0 saturated carbocycles. The first-order valence-corrected chi connectivity index (χ1v) is 7.98. The number of likely N-dealkylation sites (tertiary alicyclic amines) is 1. The molecular weight excluding hydrogens is 265 g/mol. The monoisotopic (exact) mass is 293 g/mol. The molecule has 1 fully saturated rings. The maximum atomic E-state index is 14.0. The van der Waals surface area contributed by atoms with E-state index in [0.29, 0.717) is 6.04 Å². The van der Waals surface area contributed by atoms with Gasteiger partial charge in [-0.05, 0) is 46.1 Å². The highest BCUT2D eigenvalue weighted by Gasteiger charge is 2.24. The van der Waals surface area contributed by atoms with Crippen molar-refractivity contribution in [1.29, 1.82) is 0 Å². The average Bonchev–Trinajstić information content (AvgIpc) is 2.84. The van der Waals surface area contributed by atoms with Crippen molar-refractivity contribution in [2.75, 3.05) is 40.3 Å². The average molecular weight is 293 g/mol. The van der Waals surface area contributed by atoms with E-state index in [9.17, 15) is 4.39 Å². The summed E-state index contributed by atoms with van der Waals surface area (Å²) in [5, 5.41) is 3.41. The van der Waals surface area contributed by atoms with Crippen LogP contribution in [0.5, 0.6) is 0 Å². The molecule has 1 heterocycles. The third-order valence-electron chi connectivity index (χ3n) is 4.42. The summed E-state index contributed by atoms with van der Waals surface area (Å²) < 4.78 is 14.0. The van der Waals surface area contributed by atoms with Gasteiger partial charge >= 0.3 is 0 Å². The van der Waals surface area contributed by atoms with Crippen molar-refractivity contribution in [3.05, 3.63) is 35.6 Å². The molecule has 0 aliphatic carbocycles. The molecule has 4 heteroatoms. The van der Waals surface area contributed by atoms with Crippen LogP contribution in [0.25, 0.3) is 0 Å². The van der Waals surface area contributed by atoms with Gasteiger partial charge in [0.2, 0.25) is 0 Å². The van der Waals surface area contributed by atoms with Crippen LogP contribution in [0.4, 0.5) is 4.39 Å². The number of nitrogens with zero attached hydrogens (tertiary/aromatic N) is 2. The quantitative estimate of drug-likeness (QED) is 0.833. The molecule has 21 heavy (non-hydrogen) atoms. The van der Waals surface area contributed by atoms with Crippen LogP contribution in [0.3, 0.4) is 0 Å². The molecule has 0 amide bonds. The van der Waals surface area contributed by atoms with Gasteiger partial charge in [-0.25, -0.2) is 4.39 Å². The largest absolute Gasteiger partial charge is 0.309 e. The van der Waals surface area contributed by atoms with Crippen LogP contribution in [0.15, 0.2) is 24.3 Å². The highest BCUT2D eigenvalue weighted by Crippen LogP contribution is 2.20. The molecule has 1 aliphatic rings. The molecule has 2 atom stereocenters. The van der Waals surface area contributed by atoms with E-state index in [0.717, 1.165) is 25.2 Å². The molecule has 0 aromatic heterocycles. The van der Waals surface area contributed by atoms with Gasteiger partial charge in [-0.1, -0.05) is 25.1 Å². The second kappa shape index (κ2) is 7.87. The first-order chi connectivity index (χ1) is 10.1. The summed E-state index contributed by atoms with van der Waals surface area (Å²) in [7, 11) is 4.33. The third kappa shape index (κ3) is 4.50. The van der Waals surface area contributed by atoms with Crippen molar-refractivity contribution in [2.24, 2.45) is 0 Å². The zero-order chi connectivity index (χ0) is 15.2. The van der Waals surface area contributed by atoms with Crippen molar-refractivity contribution in [1.82, 2.24) is 15.1 Å². The summed E-state index contributed by atoms with van der Waals surface area (Å²) in [5.74, 6) is -0.116. The van der Waals surface area contributed by atoms with E-state index in [2.05, 4.69) is 36.1 Å². The molecule has 1 N–H and O–H groups in total. The van der Waals surface area contributed by atoms with Gasteiger partial charge < -0.3 is 15.1 Å². The lowest BCUT2D eigenvalue weighted by Gasteiger charge is -2.29. The normalized spacial score (nSPS) is 21.1. The SMILES string of the molecule is CCNC(CN(C)CC1CCCN1C)c1ccccc1F. The first-order valence-electron chi connectivity index (χ1n) is 7.98. The summed E-state index contributed by atoms with van der Waals surface area (Å²) in [6.45, 7) is 5.99. The Morgan fingerprint density at radius 1 is 1.43 bits per heavy atom. The number of likely N-dealkylation sites (N-methyl/N-ethyl adjacent to an activating group) is 3. The fourth-order valence-corrected chi connectivity index (χ4v) is 3.23.